The molecule has 0 fully saturated rings. The summed E-state index contributed by atoms with van der Waals surface area (Å²) in [6.45, 7) is 5.70. The summed E-state index contributed by atoms with van der Waals surface area (Å²) in [5, 5.41) is 5.03. The summed E-state index contributed by atoms with van der Waals surface area (Å²) in [5.74, 6) is 0.680. The molecule has 0 saturated heterocycles. The second-order valence-corrected chi connectivity index (χ2v) is 10.6. The van der Waals surface area contributed by atoms with Crippen LogP contribution in [0, 0.1) is 13.8 Å². The van der Waals surface area contributed by atoms with Crippen LogP contribution in [0.1, 0.15) is 40.6 Å². The first kappa shape index (κ1) is 20.6. The van der Waals surface area contributed by atoms with Crippen LogP contribution in [0.5, 0.6) is 0 Å². The second-order valence-electron chi connectivity index (χ2n) is 7.70. The van der Waals surface area contributed by atoms with Crippen molar-refractivity contribution < 1.29 is 4.79 Å². The van der Waals surface area contributed by atoms with E-state index in [1.54, 1.807) is 29.9 Å². The zero-order chi connectivity index (χ0) is 21.5. The van der Waals surface area contributed by atoms with Gasteiger partial charge in [-0.15, -0.1) is 22.7 Å². The van der Waals surface area contributed by atoms with Gasteiger partial charge in [0, 0.05) is 28.3 Å². The number of hydrogen-bond acceptors (Lipinski definition) is 7. The van der Waals surface area contributed by atoms with Gasteiger partial charge in [-0.2, -0.15) is 0 Å². The van der Waals surface area contributed by atoms with Crippen LogP contribution in [0.4, 0.5) is 10.8 Å². The molecule has 8 heteroatoms. The molecule has 5 nitrogen and oxygen atoms in total. The molecule has 3 aromatic heterocycles. The smallest absolute Gasteiger partial charge is 0.230 e. The van der Waals surface area contributed by atoms with E-state index < -0.39 is 0 Å². The molecule has 0 radical (unpaired) electrons. The maximum absolute atomic E-state index is 12.5. The Balaban J connectivity index is 1.41. The third-order valence-electron chi connectivity index (χ3n) is 5.69. The highest BCUT2D eigenvalue weighted by Crippen LogP contribution is 2.41. The normalized spacial score (nSPS) is 13.0. The molecule has 1 aliphatic carbocycles. The van der Waals surface area contributed by atoms with Gasteiger partial charge in [0.25, 0.3) is 0 Å². The van der Waals surface area contributed by atoms with Crippen molar-refractivity contribution in [3.8, 4) is 0 Å². The van der Waals surface area contributed by atoms with Crippen molar-refractivity contribution in [2.75, 3.05) is 4.90 Å². The molecule has 31 heavy (non-hydrogen) atoms. The Morgan fingerprint density at radius 2 is 2.10 bits per heavy atom. The third-order valence-corrected chi connectivity index (χ3v) is 8.78. The molecule has 1 aliphatic rings. The molecule has 0 aliphatic heterocycles. The molecule has 0 unspecified atom stereocenters. The number of thioether (sulfide) groups is 1. The highest BCUT2D eigenvalue weighted by molar-refractivity contribution is 7.98. The minimum absolute atomic E-state index is 0.0337. The number of benzene rings is 1. The molecule has 158 valence electrons. The number of amides is 1. The molecule has 3 heterocycles. The van der Waals surface area contributed by atoms with E-state index in [0.29, 0.717) is 10.9 Å². The SMILES string of the molecule is CC(=O)N(c1nc(CSc2ncnc3sc4c(c23)CCC4)cs1)c1cccc(C)c1C. The molecular weight excluding hydrogens is 444 g/mol. The molecule has 1 amide bonds. The highest BCUT2D eigenvalue weighted by Gasteiger charge is 2.23. The summed E-state index contributed by atoms with van der Waals surface area (Å²) in [5.41, 5.74) is 5.55. The maximum atomic E-state index is 12.5. The number of carbonyl (C=O) groups excluding carboxylic acids is 1. The van der Waals surface area contributed by atoms with Gasteiger partial charge in [0.1, 0.15) is 16.2 Å². The first-order valence-corrected chi connectivity index (χ1v) is 12.9. The molecular formula is C23H22N4OS3. The molecule has 0 N–H and O–H groups in total. The number of rotatable bonds is 5. The van der Waals surface area contributed by atoms with E-state index in [0.717, 1.165) is 45.2 Å². The fourth-order valence-corrected chi connectivity index (χ4v) is 7.20. The van der Waals surface area contributed by atoms with Gasteiger partial charge in [0.2, 0.25) is 5.91 Å². The molecule has 5 rings (SSSR count). The van der Waals surface area contributed by atoms with Crippen molar-refractivity contribution in [1.29, 1.82) is 0 Å². The third kappa shape index (κ3) is 3.77. The van der Waals surface area contributed by atoms with Crippen LogP contribution in [-0.4, -0.2) is 20.9 Å². The minimum atomic E-state index is -0.0337. The standard InChI is InChI=1S/C23H22N4OS3/c1-13-6-4-8-18(14(13)2)27(15(3)28)23-26-16(11-30-23)10-29-21-20-17-7-5-9-19(17)31-22(20)25-12-24-21/h4,6,8,11-12H,5,7,9-10H2,1-3H3. The van der Waals surface area contributed by atoms with Crippen LogP contribution in [0.3, 0.4) is 0 Å². The fourth-order valence-electron chi connectivity index (χ4n) is 4.00. The number of aryl methyl sites for hydroxylation is 3. The van der Waals surface area contributed by atoms with E-state index >= 15 is 0 Å². The van der Waals surface area contributed by atoms with Gasteiger partial charge in [0.15, 0.2) is 5.13 Å². The number of thiophene rings is 1. The summed E-state index contributed by atoms with van der Waals surface area (Å²) in [7, 11) is 0. The summed E-state index contributed by atoms with van der Waals surface area (Å²) >= 11 is 5.02. The quantitative estimate of drug-likeness (QED) is 0.258. The Bertz CT molecular complexity index is 1290. The molecule has 0 spiro atoms. The van der Waals surface area contributed by atoms with Crippen LogP contribution < -0.4 is 4.90 Å². The Morgan fingerprint density at radius 1 is 1.23 bits per heavy atom. The van der Waals surface area contributed by atoms with Crippen molar-refractivity contribution in [2.24, 2.45) is 0 Å². The van der Waals surface area contributed by atoms with Crippen LogP contribution in [0.15, 0.2) is 34.9 Å². The van der Waals surface area contributed by atoms with Crippen molar-refractivity contribution in [3.63, 3.8) is 0 Å². The summed E-state index contributed by atoms with van der Waals surface area (Å²) in [6.07, 6.45) is 5.18. The first-order chi connectivity index (χ1) is 15.0. The van der Waals surface area contributed by atoms with Gasteiger partial charge < -0.3 is 0 Å². The van der Waals surface area contributed by atoms with E-state index in [1.165, 1.54) is 33.6 Å². The summed E-state index contributed by atoms with van der Waals surface area (Å²) in [6, 6.07) is 6.02. The van der Waals surface area contributed by atoms with Crippen LogP contribution in [0.2, 0.25) is 0 Å². The van der Waals surface area contributed by atoms with Crippen molar-refractivity contribution in [1.82, 2.24) is 15.0 Å². The fraction of sp³-hybridized carbons (Fsp3) is 0.304. The average Bonchev–Trinajstić information content (AvgIpc) is 3.46. The average molecular weight is 467 g/mol. The van der Waals surface area contributed by atoms with Crippen LogP contribution in [0.25, 0.3) is 10.2 Å². The van der Waals surface area contributed by atoms with Crippen molar-refractivity contribution in [2.45, 2.75) is 50.8 Å². The Morgan fingerprint density at radius 3 is 2.94 bits per heavy atom. The number of carbonyl (C=O) groups is 1. The molecule has 0 atom stereocenters. The lowest BCUT2D eigenvalue weighted by Crippen LogP contribution is -2.23. The number of nitrogens with zero attached hydrogens (tertiary/aromatic N) is 4. The van der Waals surface area contributed by atoms with Gasteiger partial charge in [0.05, 0.1) is 11.4 Å². The number of hydrogen-bond donors (Lipinski definition) is 0. The highest BCUT2D eigenvalue weighted by atomic mass is 32.2. The van der Waals surface area contributed by atoms with Crippen LogP contribution >= 0.6 is 34.4 Å². The molecule has 0 bridgehead atoms. The van der Waals surface area contributed by atoms with Crippen molar-refractivity contribution in [3.05, 3.63) is 57.2 Å². The number of anilines is 2. The van der Waals surface area contributed by atoms with E-state index in [9.17, 15) is 4.79 Å². The Hall–Kier alpha value is -2.29. The van der Waals surface area contributed by atoms with Gasteiger partial charge in [-0.1, -0.05) is 23.9 Å². The minimum Gasteiger partial charge on any atom is -0.274 e. The summed E-state index contributed by atoms with van der Waals surface area (Å²) in [4.78, 5) is 30.6. The number of thiazole rings is 1. The predicted octanol–water partition coefficient (Wildman–Crippen LogP) is 6.23. The van der Waals surface area contributed by atoms with Gasteiger partial charge in [-0.25, -0.2) is 15.0 Å². The molecule has 0 saturated carbocycles. The maximum Gasteiger partial charge on any atom is 0.230 e. The van der Waals surface area contributed by atoms with E-state index in [1.807, 2.05) is 35.8 Å². The topological polar surface area (TPSA) is 59.0 Å². The lowest BCUT2D eigenvalue weighted by atomic mass is 10.1. The number of fused-ring (bicyclic) bond motifs is 3. The van der Waals surface area contributed by atoms with E-state index in [2.05, 4.69) is 23.0 Å². The van der Waals surface area contributed by atoms with Crippen molar-refractivity contribution >= 4 is 61.4 Å². The number of aromatic nitrogens is 3. The summed E-state index contributed by atoms with van der Waals surface area (Å²) < 4.78 is 0. The molecule has 1 aromatic carbocycles. The largest absolute Gasteiger partial charge is 0.274 e. The lowest BCUT2D eigenvalue weighted by Gasteiger charge is -2.21. The zero-order valence-electron chi connectivity index (χ0n) is 17.6. The predicted molar refractivity (Wildman–Crippen MR) is 130 cm³/mol. The van der Waals surface area contributed by atoms with Gasteiger partial charge in [-0.3, -0.25) is 9.69 Å². The Kier molecular flexibility index (Phi) is 5.54. The lowest BCUT2D eigenvalue weighted by molar-refractivity contribution is -0.115. The zero-order valence-corrected chi connectivity index (χ0v) is 20.1. The van der Waals surface area contributed by atoms with Crippen LogP contribution in [-0.2, 0) is 23.4 Å². The monoisotopic (exact) mass is 466 g/mol. The second kappa shape index (κ2) is 8.33. The molecule has 4 aromatic rings. The van der Waals surface area contributed by atoms with Gasteiger partial charge in [-0.05, 0) is 55.9 Å². The van der Waals surface area contributed by atoms with E-state index in [4.69, 9.17) is 4.98 Å². The Labute approximate surface area is 193 Å². The van der Waals surface area contributed by atoms with E-state index in [-0.39, 0.29) is 5.91 Å². The first-order valence-electron chi connectivity index (χ1n) is 10.2. The van der Waals surface area contributed by atoms with Gasteiger partial charge >= 0.3 is 0 Å².